The molecule has 0 heterocycles. The van der Waals surface area contributed by atoms with Crippen LogP contribution in [0, 0.1) is 0 Å². The Labute approximate surface area is 156 Å². The molecule has 0 bridgehead atoms. The second-order valence-corrected chi connectivity index (χ2v) is 6.49. The molecule has 26 heavy (non-hydrogen) atoms. The first kappa shape index (κ1) is 20.3. The Kier molecular flexibility index (Phi) is 8.48. The molecule has 0 aliphatic carbocycles. The van der Waals surface area contributed by atoms with Gasteiger partial charge in [-0.2, -0.15) is 0 Å². The molecule has 0 aliphatic heterocycles. The molecule has 1 unspecified atom stereocenters. The minimum absolute atomic E-state index is 0.0303. The van der Waals surface area contributed by atoms with E-state index < -0.39 is 5.60 Å². The topological polar surface area (TPSA) is 44.8 Å². The number of benzene rings is 2. The van der Waals surface area contributed by atoms with E-state index in [1.807, 2.05) is 67.6 Å². The molecule has 2 aromatic carbocycles. The first-order valence-corrected chi connectivity index (χ1v) is 8.96. The number of Topliss-reactive ketones (excluding diaryl/α,β-unsaturated/α-hetero) is 1. The average molecular weight is 356 g/mol. The molecular weight excluding hydrogens is 328 g/mol. The van der Waals surface area contributed by atoms with Gasteiger partial charge in [-0.25, -0.2) is 0 Å². The second-order valence-electron chi connectivity index (χ2n) is 6.49. The number of methoxy groups -OCH3 is 1. The van der Waals surface area contributed by atoms with Crippen molar-refractivity contribution in [1.29, 1.82) is 0 Å². The number of ketones is 1. The van der Waals surface area contributed by atoms with E-state index in [0.29, 0.717) is 26.2 Å². The molecular formula is C22H28O4. The highest BCUT2D eigenvalue weighted by atomic mass is 16.5. The molecule has 0 N–H and O–H groups in total. The third-order valence-corrected chi connectivity index (χ3v) is 4.23. The zero-order valence-electron chi connectivity index (χ0n) is 15.6. The maximum absolute atomic E-state index is 12.8. The first-order chi connectivity index (χ1) is 12.6. The Balaban J connectivity index is 1.95. The summed E-state index contributed by atoms with van der Waals surface area (Å²) in [6.07, 6.45) is 1.27. The van der Waals surface area contributed by atoms with Gasteiger partial charge in [0.1, 0.15) is 12.2 Å². The lowest BCUT2D eigenvalue weighted by Crippen LogP contribution is -2.43. The highest BCUT2D eigenvalue weighted by Gasteiger charge is 2.34. The Morgan fingerprint density at radius 3 is 2.15 bits per heavy atom. The van der Waals surface area contributed by atoms with Gasteiger partial charge in [-0.15, -0.1) is 0 Å². The van der Waals surface area contributed by atoms with Gasteiger partial charge in [0.05, 0.1) is 13.2 Å². The minimum Gasteiger partial charge on any atom is -0.385 e. The molecule has 140 valence electrons. The Bertz CT molecular complexity index is 642. The van der Waals surface area contributed by atoms with Crippen molar-refractivity contribution in [2.24, 2.45) is 0 Å². The van der Waals surface area contributed by atoms with Gasteiger partial charge < -0.3 is 14.2 Å². The highest BCUT2D eigenvalue weighted by Crippen LogP contribution is 2.20. The summed E-state index contributed by atoms with van der Waals surface area (Å²) in [6.45, 7) is 3.38. The van der Waals surface area contributed by atoms with Crippen LogP contribution in [-0.4, -0.2) is 38.3 Å². The van der Waals surface area contributed by atoms with Crippen molar-refractivity contribution in [3.63, 3.8) is 0 Å². The molecule has 0 aliphatic rings. The van der Waals surface area contributed by atoms with Crippen LogP contribution in [0.3, 0.4) is 0 Å². The lowest BCUT2D eigenvalue weighted by molar-refractivity contribution is -0.148. The SMILES string of the molecule is COCCCOC(C)(Cc1ccccc1)C(=O)COCc1ccccc1. The van der Waals surface area contributed by atoms with E-state index in [2.05, 4.69) is 0 Å². The standard InChI is InChI=1S/C22H28O4/c1-22(26-15-9-14-24-2,16-19-10-5-3-6-11-19)21(23)18-25-17-20-12-7-4-8-13-20/h3-8,10-13H,9,14-18H2,1-2H3. The van der Waals surface area contributed by atoms with Crippen LogP contribution < -0.4 is 0 Å². The lowest BCUT2D eigenvalue weighted by Gasteiger charge is -2.29. The summed E-state index contributed by atoms with van der Waals surface area (Å²) in [5, 5.41) is 0. The van der Waals surface area contributed by atoms with Crippen molar-refractivity contribution >= 4 is 5.78 Å². The van der Waals surface area contributed by atoms with Crippen molar-refractivity contribution in [3.05, 3.63) is 71.8 Å². The predicted molar refractivity (Wildman–Crippen MR) is 102 cm³/mol. The number of hydrogen-bond donors (Lipinski definition) is 0. The van der Waals surface area contributed by atoms with E-state index in [0.717, 1.165) is 17.5 Å². The van der Waals surface area contributed by atoms with Gasteiger partial charge in [-0.05, 0) is 24.5 Å². The maximum Gasteiger partial charge on any atom is 0.190 e. The molecule has 0 saturated carbocycles. The molecule has 4 heteroatoms. The molecule has 0 radical (unpaired) electrons. The van der Waals surface area contributed by atoms with E-state index in [-0.39, 0.29) is 12.4 Å². The number of hydrogen-bond acceptors (Lipinski definition) is 4. The van der Waals surface area contributed by atoms with Crippen molar-refractivity contribution < 1.29 is 19.0 Å². The molecule has 0 spiro atoms. The summed E-state index contributed by atoms with van der Waals surface area (Å²) in [5.41, 5.74) is 1.20. The van der Waals surface area contributed by atoms with Crippen LogP contribution in [0.1, 0.15) is 24.5 Å². The van der Waals surface area contributed by atoms with Gasteiger partial charge in [0, 0.05) is 20.1 Å². The van der Waals surface area contributed by atoms with Crippen LogP contribution in [0.4, 0.5) is 0 Å². The van der Waals surface area contributed by atoms with Crippen LogP contribution in [0.25, 0.3) is 0 Å². The fourth-order valence-electron chi connectivity index (χ4n) is 2.70. The van der Waals surface area contributed by atoms with Crippen LogP contribution in [0.15, 0.2) is 60.7 Å². The van der Waals surface area contributed by atoms with Crippen molar-refractivity contribution in [3.8, 4) is 0 Å². The predicted octanol–water partition coefficient (Wildman–Crippen LogP) is 3.83. The normalized spacial score (nSPS) is 13.3. The number of carbonyl (C=O) groups excluding carboxylic acids is 1. The van der Waals surface area contributed by atoms with Crippen LogP contribution in [0.5, 0.6) is 0 Å². The molecule has 1 atom stereocenters. The van der Waals surface area contributed by atoms with Crippen LogP contribution >= 0.6 is 0 Å². The fraction of sp³-hybridized carbons (Fsp3) is 0.409. The Morgan fingerprint density at radius 2 is 1.54 bits per heavy atom. The molecule has 2 rings (SSSR count). The fourth-order valence-corrected chi connectivity index (χ4v) is 2.70. The smallest absolute Gasteiger partial charge is 0.190 e. The van der Waals surface area contributed by atoms with E-state index >= 15 is 0 Å². The number of rotatable bonds is 12. The van der Waals surface area contributed by atoms with Crippen molar-refractivity contribution in [2.75, 3.05) is 26.9 Å². The second kappa shape index (κ2) is 10.9. The summed E-state index contributed by atoms with van der Waals surface area (Å²) >= 11 is 0. The van der Waals surface area contributed by atoms with Crippen molar-refractivity contribution in [1.82, 2.24) is 0 Å². The van der Waals surface area contributed by atoms with Gasteiger partial charge in [0.25, 0.3) is 0 Å². The number of carbonyl (C=O) groups is 1. The first-order valence-electron chi connectivity index (χ1n) is 8.96. The quantitative estimate of drug-likeness (QED) is 0.542. The van der Waals surface area contributed by atoms with Gasteiger partial charge in [0.2, 0.25) is 0 Å². The summed E-state index contributed by atoms with van der Waals surface area (Å²) in [7, 11) is 1.66. The summed E-state index contributed by atoms with van der Waals surface area (Å²) in [6, 6.07) is 19.8. The Hall–Kier alpha value is -2.01. The monoisotopic (exact) mass is 356 g/mol. The Morgan fingerprint density at radius 1 is 0.923 bits per heavy atom. The average Bonchev–Trinajstić information content (AvgIpc) is 2.67. The zero-order chi connectivity index (χ0) is 18.7. The molecule has 4 nitrogen and oxygen atoms in total. The lowest BCUT2D eigenvalue weighted by atomic mass is 9.92. The van der Waals surface area contributed by atoms with Crippen LogP contribution in [0.2, 0.25) is 0 Å². The summed E-state index contributed by atoms with van der Waals surface area (Å²) in [4.78, 5) is 12.8. The summed E-state index contributed by atoms with van der Waals surface area (Å²) < 4.78 is 16.7. The molecule has 0 amide bonds. The van der Waals surface area contributed by atoms with Crippen LogP contribution in [-0.2, 0) is 32.0 Å². The highest BCUT2D eigenvalue weighted by molar-refractivity contribution is 5.88. The largest absolute Gasteiger partial charge is 0.385 e. The van der Waals surface area contributed by atoms with Crippen molar-refractivity contribution in [2.45, 2.75) is 32.0 Å². The number of ether oxygens (including phenoxy) is 3. The van der Waals surface area contributed by atoms with Gasteiger partial charge in [0.15, 0.2) is 5.78 Å². The molecule has 2 aromatic rings. The van der Waals surface area contributed by atoms with E-state index in [9.17, 15) is 4.79 Å². The zero-order valence-corrected chi connectivity index (χ0v) is 15.6. The van der Waals surface area contributed by atoms with E-state index in [4.69, 9.17) is 14.2 Å². The minimum atomic E-state index is -0.911. The van der Waals surface area contributed by atoms with E-state index in [1.54, 1.807) is 7.11 Å². The molecule has 0 aromatic heterocycles. The molecule has 0 saturated heterocycles. The maximum atomic E-state index is 12.8. The third-order valence-electron chi connectivity index (χ3n) is 4.23. The summed E-state index contributed by atoms with van der Waals surface area (Å²) in [5.74, 6) is -0.0466. The van der Waals surface area contributed by atoms with Gasteiger partial charge in [-0.3, -0.25) is 4.79 Å². The molecule has 0 fully saturated rings. The van der Waals surface area contributed by atoms with Gasteiger partial charge >= 0.3 is 0 Å². The van der Waals surface area contributed by atoms with E-state index in [1.165, 1.54) is 0 Å². The van der Waals surface area contributed by atoms with Gasteiger partial charge in [-0.1, -0.05) is 60.7 Å². The third kappa shape index (κ3) is 6.71.